The number of aromatic nitrogens is 3. The number of aliphatic hydroxyl groups is 1. The van der Waals surface area contributed by atoms with Crippen LogP contribution >= 0.6 is 19.4 Å². The summed E-state index contributed by atoms with van der Waals surface area (Å²) in [4.78, 5) is 39.8. The summed E-state index contributed by atoms with van der Waals surface area (Å²) in [7, 11) is -1.72. The lowest BCUT2D eigenvalue weighted by atomic mass is 10.1. The number of phosphoric acid groups is 1. The van der Waals surface area contributed by atoms with Crippen molar-refractivity contribution in [3.63, 3.8) is 0 Å². The van der Waals surface area contributed by atoms with Crippen LogP contribution in [-0.2, 0) is 11.1 Å². The number of aryl methyl sites for hydroxylation is 1. The standard InChI is InChI=1S/C29H29ClN5O7P/c1-16-19(5-4-9-32-16)29(37)34-27-26-21(12-22(30)28(27)41-3)20-8-10-35(15-23(20)33-26)14-18-7-6-17(24(36)13-31-2)11-25(18)42-43(38,39)40/h4-12,15,24,31,36H,13-14H2,1-3H3,(H3,34,37,38,39,40)/p+1. The quantitative estimate of drug-likeness (QED) is 0.0991. The molecule has 3 heterocycles. The number of amides is 1. The van der Waals surface area contributed by atoms with Gasteiger partial charge < -0.3 is 30.0 Å². The molecule has 2 aromatic carbocycles. The van der Waals surface area contributed by atoms with Crippen LogP contribution in [0.15, 0.2) is 61.1 Å². The van der Waals surface area contributed by atoms with Gasteiger partial charge in [-0.25, -0.2) is 4.57 Å². The van der Waals surface area contributed by atoms with Crippen molar-refractivity contribution < 1.29 is 38.1 Å². The molecule has 14 heteroatoms. The second-order valence-electron chi connectivity index (χ2n) is 9.87. The number of hydrogen-bond acceptors (Lipinski definition) is 7. The van der Waals surface area contributed by atoms with Crippen LogP contribution in [-0.4, -0.2) is 51.5 Å². The SMILES string of the molecule is CNCC(O)c1ccc(C[n+]2ccc3c(c2)[nH]c2c(NC(=O)c4cccnc4C)c(OC)c(Cl)cc23)c(OP(=O)(O)O)c1. The number of benzene rings is 2. The number of carbonyl (C=O) groups excluding carboxylic acids is 1. The van der Waals surface area contributed by atoms with Gasteiger partial charge >= 0.3 is 7.82 Å². The zero-order chi connectivity index (χ0) is 30.9. The number of anilines is 1. The molecule has 1 atom stereocenters. The van der Waals surface area contributed by atoms with E-state index < -0.39 is 13.9 Å². The van der Waals surface area contributed by atoms with E-state index in [1.807, 2.05) is 12.3 Å². The zero-order valence-corrected chi connectivity index (χ0v) is 25.1. The first-order valence-electron chi connectivity index (χ1n) is 13.1. The van der Waals surface area contributed by atoms with Gasteiger partial charge in [-0.2, -0.15) is 4.57 Å². The fourth-order valence-electron chi connectivity index (χ4n) is 4.93. The molecule has 5 rings (SSSR count). The fourth-order valence-corrected chi connectivity index (χ4v) is 5.64. The molecule has 6 N–H and O–H groups in total. The molecule has 0 saturated carbocycles. The van der Waals surface area contributed by atoms with E-state index in [0.29, 0.717) is 49.9 Å². The number of fused-ring (bicyclic) bond motifs is 3. The van der Waals surface area contributed by atoms with Crippen LogP contribution in [0.2, 0.25) is 5.02 Å². The number of nitrogens with zero attached hydrogens (tertiary/aromatic N) is 2. The van der Waals surface area contributed by atoms with Crippen LogP contribution in [0.4, 0.5) is 5.69 Å². The zero-order valence-electron chi connectivity index (χ0n) is 23.5. The number of aliphatic hydroxyl groups excluding tert-OH is 1. The summed E-state index contributed by atoms with van der Waals surface area (Å²) < 4.78 is 24.1. The molecule has 12 nitrogen and oxygen atoms in total. The second kappa shape index (κ2) is 12.3. The molecular formula is C29H30ClN5O7P+. The summed E-state index contributed by atoms with van der Waals surface area (Å²) in [5.41, 5.74) is 3.57. The number of rotatable bonds is 10. The fraction of sp³-hybridized carbons (Fsp3) is 0.207. The van der Waals surface area contributed by atoms with E-state index in [1.165, 1.54) is 13.2 Å². The highest BCUT2D eigenvalue weighted by molar-refractivity contribution is 7.46. The monoisotopic (exact) mass is 626 g/mol. The van der Waals surface area contributed by atoms with Crippen molar-refractivity contribution >= 4 is 52.8 Å². The van der Waals surface area contributed by atoms with E-state index in [9.17, 15) is 24.3 Å². The van der Waals surface area contributed by atoms with Crippen LogP contribution in [0.1, 0.15) is 33.3 Å². The summed E-state index contributed by atoms with van der Waals surface area (Å²) >= 11 is 6.58. The number of halogens is 1. The molecule has 0 radical (unpaired) electrons. The van der Waals surface area contributed by atoms with Gasteiger partial charge in [0.1, 0.15) is 17.0 Å². The molecule has 0 aliphatic carbocycles. The number of ether oxygens (including phenoxy) is 1. The number of nitrogens with one attached hydrogen (secondary N) is 3. The largest absolute Gasteiger partial charge is 0.524 e. The Balaban J connectivity index is 1.55. The van der Waals surface area contributed by atoms with Crippen molar-refractivity contribution in [2.75, 3.05) is 26.0 Å². The van der Waals surface area contributed by atoms with Crippen molar-refractivity contribution in [2.24, 2.45) is 0 Å². The highest BCUT2D eigenvalue weighted by Gasteiger charge is 2.24. The van der Waals surface area contributed by atoms with E-state index in [2.05, 4.69) is 20.6 Å². The molecule has 1 amide bonds. The lowest BCUT2D eigenvalue weighted by molar-refractivity contribution is -0.687. The highest BCUT2D eigenvalue weighted by Crippen LogP contribution is 2.43. The Morgan fingerprint density at radius 2 is 2.00 bits per heavy atom. The predicted octanol–water partition coefficient (Wildman–Crippen LogP) is 4.00. The van der Waals surface area contributed by atoms with Crippen molar-refractivity contribution in [1.82, 2.24) is 15.3 Å². The number of likely N-dealkylation sites (N-methyl/N-ethyl adjacent to an activating group) is 1. The summed E-state index contributed by atoms with van der Waals surface area (Å²) in [6.07, 6.45) is 4.34. The first-order chi connectivity index (χ1) is 20.5. The van der Waals surface area contributed by atoms with Gasteiger partial charge in [0.15, 0.2) is 24.7 Å². The summed E-state index contributed by atoms with van der Waals surface area (Å²) in [5, 5.41) is 18.0. The van der Waals surface area contributed by atoms with E-state index in [1.54, 1.807) is 61.3 Å². The lowest BCUT2D eigenvalue weighted by Gasteiger charge is -2.15. The Bertz CT molecular complexity index is 1890. The van der Waals surface area contributed by atoms with Crippen molar-refractivity contribution in [1.29, 1.82) is 0 Å². The van der Waals surface area contributed by atoms with E-state index in [4.69, 9.17) is 20.9 Å². The predicted molar refractivity (Wildman–Crippen MR) is 162 cm³/mol. The Morgan fingerprint density at radius 3 is 2.70 bits per heavy atom. The lowest BCUT2D eigenvalue weighted by Crippen LogP contribution is -2.33. The first-order valence-corrected chi connectivity index (χ1v) is 15.0. The van der Waals surface area contributed by atoms with Crippen LogP contribution in [0.5, 0.6) is 11.5 Å². The van der Waals surface area contributed by atoms with E-state index >= 15 is 0 Å². The highest BCUT2D eigenvalue weighted by atomic mass is 35.5. The normalized spacial score (nSPS) is 12.4. The molecule has 0 bridgehead atoms. The molecule has 0 saturated heterocycles. The maximum Gasteiger partial charge on any atom is 0.524 e. The number of methoxy groups -OCH3 is 1. The number of hydrogen-bond donors (Lipinski definition) is 6. The number of phosphoric ester groups is 1. The number of pyridine rings is 2. The van der Waals surface area contributed by atoms with Crippen LogP contribution in [0.3, 0.4) is 0 Å². The Hall–Kier alpha value is -4.03. The van der Waals surface area contributed by atoms with Crippen molar-refractivity contribution in [3.05, 3.63) is 88.5 Å². The molecule has 0 spiro atoms. The average Bonchev–Trinajstić information content (AvgIpc) is 3.31. The number of aromatic amines is 1. The molecule has 0 aliphatic heterocycles. The average molecular weight is 627 g/mol. The molecule has 0 fully saturated rings. The number of carbonyl (C=O) groups is 1. The third kappa shape index (κ3) is 6.50. The van der Waals surface area contributed by atoms with E-state index in [-0.39, 0.29) is 24.7 Å². The molecule has 224 valence electrons. The minimum atomic E-state index is -4.87. The molecule has 3 aromatic heterocycles. The van der Waals surface area contributed by atoms with Crippen LogP contribution in [0, 0.1) is 6.92 Å². The second-order valence-corrected chi connectivity index (χ2v) is 11.4. The van der Waals surface area contributed by atoms with Gasteiger partial charge in [0.05, 0.1) is 34.9 Å². The summed E-state index contributed by atoms with van der Waals surface area (Å²) in [5.74, 6) is -0.122. The molecule has 5 aromatic rings. The topological polar surface area (TPSA) is 170 Å². The smallest absolute Gasteiger partial charge is 0.493 e. The third-order valence-electron chi connectivity index (χ3n) is 6.94. The first kappa shape index (κ1) is 30.4. The maximum atomic E-state index is 13.2. The molecule has 0 aliphatic rings. The Morgan fingerprint density at radius 1 is 1.21 bits per heavy atom. The van der Waals surface area contributed by atoms with Gasteiger partial charge in [0.25, 0.3) is 5.91 Å². The van der Waals surface area contributed by atoms with Gasteiger partial charge in [-0.15, -0.1) is 0 Å². The summed E-state index contributed by atoms with van der Waals surface area (Å²) in [6.45, 7) is 2.19. The maximum absolute atomic E-state index is 13.2. The van der Waals surface area contributed by atoms with Gasteiger partial charge in [0, 0.05) is 35.3 Å². The number of H-pyrrole nitrogens is 1. The van der Waals surface area contributed by atoms with Crippen molar-refractivity contribution in [3.8, 4) is 11.5 Å². The minimum Gasteiger partial charge on any atom is -0.493 e. The van der Waals surface area contributed by atoms with Gasteiger partial charge in [-0.05, 0) is 49.9 Å². The van der Waals surface area contributed by atoms with Crippen LogP contribution in [0.25, 0.3) is 21.8 Å². The molecule has 43 heavy (non-hydrogen) atoms. The Labute approximate surface area is 251 Å². The van der Waals surface area contributed by atoms with Gasteiger partial charge in [-0.3, -0.25) is 19.6 Å². The van der Waals surface area contributed by atoms with Gasteiger partial charge in [0.2, 0.25) is 0 Å². The van der Waals surface area contributed by atoms with Gasteiger partial charge in [-0.1, -0.05) is 17.7 Å². The Kier molecular flexibility index (Phi) is 8.70. The molecular weight excluding hydrogens is 597 g/mol. The molecule has 1 unspecified atom stereocenters. The van der Waals surface area contributed by atoms with Crippen LogP contribution < -0.4 is 24.5 Å². The third-order valence-corrected chi connectivity index (χ3v) is 7.66. The van der Waals surface area contributed by atoms with E-state index in [0.717, 1.165) is 10.8 Å². The minimum absolute atomic E-state index is 0.0440. The van der Waals surface area contributed by atoms with Crippen molar-refractivity contribution in [2.45, 2.75) is 19.6 Å². The summed E-state index contributed by atoms with van der Waals surface area (Å²) in [6, 6.07) is 11.7.